The van der Waals surface area contributed by atoms with Crippen LogP contribution >= 0.6 is 0 Å². The quantitative estimate of drug-likeness (QED) is 0.782. The largest absolute Gasteiger partial charge is 0.481 e. The number of hydrogen-bond acceptors (Lipinski definition) is 2. The number of benzene rings is 1. The number of nitrogens with one attached hydrogen (secondary N) is 1. The highest BCUT2D eigenvalue weighted by Crippen LogP contribution is 2.12. The fourth-order valence-electron chi connectivity index (χ4n) is 1.26. The molecule has 0 saturated heterocycles. The maximum Gasteiger partial charge on any atom is 0.304 e. The zero-order valence-corrected chi connectivity index (χ0v) is 8.53. The van der Waals surface area contributed by atoms with Crippen LogP contribution in [0.15, 0.2) is 24.3 Å². The summed E-state index contributed by atoms with van der Waals surface area (Å²) in [6.45, 7) is 2.32. The normalized spacial score (nSPS) is 12.4. The summed E-state index contributed by atoms with van der Waals surface area (Å²) < 4.78 is 12.6. The van der Waals surface area contributed by atoms with Gasteiger partial charge < -0.3 is 10.4 Å². The van der Waals surface area contributed by atoms with Crippen LogP contribution in [-0.2, 0) is 4.79 Å². The number of carbonyl (C=O) groups is 1. The lowest BCUT2D eigenvalue weighted by Gasteiger charge is -2.13. The maximum atomic E-state index is 12.6. The molecule has 0 bridgehead atoms. The second kappa shape index (κ2) is 5.46. The van der Waals surface area contributed by atoms with E-state index in [-0.39, 0.29) is 18.3 Å². The van der Waals surface area contributed by atoms with E-state index in [1.54, 1.807) is 12.1 Å². The third-order valence-electron chi connectivity index (χ3n) is 2.16. The van der Waals surface area contributed by atoms with Crippen LogP contribution in [0.1, 0.15) is 24.9 Å². The zero-order valence-electron chi connectivity index (χ0n) is 8.53. The molecule has 0 aliphatic rings. The van der Waals surface area contributed by atoms with Crippen LogP contribution in [0.5, 0.6) is 0 Å². The van der Waals surface area contributed by atoms with Crippen molar-refractivity contribution in [1.29, 1.82) is 0 Å². The molecule has 0 aromatic heterocycles. The summed E-state index contributed by atoms with van der Waals surface area (Å²) in [4.78, 5) is 10.3. The Morgan fingerprint density at radius 2 is 2.07 bits per heavy atom. The Kier molecular flexibility index (Phi) is 4.24. The van der Waals surface area contributed by atoms with Gasteiger partial charge in [-0.3, -0.25) is 4.79 Å². The van der Waals surface area contributed by atoms with Crippen molar-refractivity contribution in [3.63, 3.8) is 0 Å². The lowest BCUT2D eigenvalue weighted by atomic mass is 10.1. The number of carboxylic acids is 1. The summed E-state index contributed by atoms with van der Waals surface area (Å²) in [6, 6.07) is 6.20. The topological polar surface area (TPSA) is 49.3 Å². The summed E-state index contributed by atoms with van der Waals surface area (Å²) in [5.41, 5.74) is 0.946. The number of hydrogen-bond donors (Lipinski definition) is 2. The van der Waals surface area contributed by atoms with Gasteiger partial charge in [0.15, 0.2) is 0 Å². The van der Waals surface area contributed by atoms with Crippen LogP contribution in [-0.4, -0.2) is 17.6 Å². The second-order valence-corrected chi connectivity index (χ2v) is 3.37. The van der Waals surface area contributed by atoms with Gasteiger partial charge >= 0.3 is 5.97 Å². The van der Waals surface area contributed by atoms with Crippen LogP contribution in [0.3, 0.4) is 0 Å². The number of carboxylic acid groups (broad SMARTS) is 1. The zero-order chi connectivity index (χ0) is 11.3. The molecule has 1 rings (SSSR count). The highest BCUT2D eigenvalue weighted by molar-refractivity contribution is 5.66. The van der Waals surface area contributed by atoms with Crippen LogP contribution in [0.2, 0.25) is 0 Å². The first-order chi connectivity index (χ1) is 7.09. The Labute approximate surface area is 87.9 Å². The molecule has 0 amide bonds. The number of rotatable bonds is 5. The van der Waals surface area contributed by atoms with Crippen molar-refractivity contribution in [2.45, 2.75) is 19.4 Å². The Hall–Kier alpha value is -1.42. The molecule has 15 heavy (non-hydrogen) atoms. The summed E-state index contributed by atoms with van der Waals surface area (Å²) in [5, 5.41) is 11.5. The Balaban J connectivity index is 2.43. The van der Waals surface area contributed by atoms with E-state index >= 15 is 0 Å². The molecule has 2 N–H and O–H groups in total. The van der Waals surface area contributed by atoms with Crippen LogP contribution in [0.25, 0.3) is 0 Å². The standard InChI is InChI=1S/C11H14FNO2/c1-8(13-7-6-11(14)15)9-2-4-10(12)5-3-9/h2-5,8,13H,6-7H2,1H3,(H,14,15)/t8-/m1/s1. The van der Waals surface area contributed by atoms with Gasteiger partial charge in [-0.2, -0.15) is 0 Å². The van der Waals surface area contributed by atoms with E-state index in [2.05, 4.69) is 5.32 Å². The summed E-state index contributed by atoms with van der Waals surface area (Å²) in [5.74, 6) is -1.09. The van der Waals surface area contributed by atoms with Crippen molar-refractivity contribution in [3.05, 3.63) is 35.6 Å². The van der Waals surface area contributed by atoms with Crippen molar-refractivity contribution >= 4 is 5.97 Å². The SMILES string of the molecule is C[C@@H](NCCC(=O)O)c1ccc(F)cc1. The van der Waals surface area contributed by atoms with Gasteiger partial charge in [0.1, 0.15) is 5.82 Å². The Morgan fingerprint density at radius 3 is 2.60 bits per heavy atom. The van der Waals surface area contributed by atoms with Crippen molar-refractivity contribution in [2.24, 2.45) is 0 Å². The van der Waals surface area contributed by atoms with Gasteiger partial charge in [-0.05, 0) is 24.6 Å². The molecule has 0 aliphatic heterocycles. The molecule has 0 aliphatic carbocycles. The van der Waals surface area contributed by atoms with E-state index in [1.807, 2.05) is 6.92 Å². The molecule has 0 radical (unpaired) electrons. The number of halogens is 1. The van der Waals surface area contributed by atoms with E-state index in [0.29, 0.717) is 6.54 Å². The molecule has 0 spiro atoms. The van der Waals surface area contributed by atoms with E-state index in [0.717, 1.165) is 5.56 Å². The molecule has 0 heterocycles. The maximum absolute atomic E-state index is 12.6. The van der Waals surface area contributed by atoms with Gasteiger partial charge in [0.05, 0.1) is 6.42 Å². The molecule has 1 aromatic rings. The average Bonchev–Trinajstić information content (AvgIpc) is 2.18. The molecule has 3 nitrogen and oxygen atoms in total. The summed E-state index contributed by atoms with van der Waals surface area (Å²) in [7, 11) is 0. The summed E-state index contributed by atoms with van der Waals surface area (Å²) in [6.07, 6.45) is 0.0888. The van der Waals surface area contributed by atoms with Crippen molar-refractivity contribution in [3.8, 4) is 0 Å². The van der Waals surface area contributed by atoms with E-state index in [1.165, 1.54) is 12.1 Å². The molecule has 0 saturated carbocycles. The molecule has 1 atom stereocenters. The molecular formula is C11H14FNO2. The molecule has 1 aromatic carbocycles. The van der Waals surface area contributed by atoms with Gasteiger partial charge in [0, 0.05) is 12.6 Å². The highest BCUT2D eigenvalue weighted by Gasteiger charge is 2.05. The van der Waals surface area contributed by atoms with Gasteiger partial charge in [-0.15, -0.1) is 0 Å². The lowest BCUT2D eigenvalue weighted by molar-refractivity contribution is -0.136. The van der Waals surface area contributed by atoms with Crippen molar-refractivity contribution in [1.82, 2.24) is 5.32 Å². The van der Waals surface area contributed by atoms with Crippen molar-refractivity contribution < 1.29 is 14.3 Å². The monoisotopic (exact) mass is 211 g/mol. The molecular weight excluding hydrogens is 197 g/mol. The Bertz CT molecular complexity index is 324. The van der Waals surface area contributed by atoms with E-state index in [4.69, 9.17) is 5.11 Å². The van der Waals surface area contributed by atoms with Crippen LogP contribution < -0.4 is 5.32 Å². The molecule has 0 unspecified atom stereocenters. The number of aliphatic carboxylic acids is 1. The first kappa shape index (κ1) is 11.7. The predicted octanol–water partition coefficient (Wildman–Crippen LogP) is 1.95. The average molecular weight is 211 g/mol. The molecule has 4 heteroatoms. The molecule has 0 fully saturated rings. The van der Waals surface area contributed by atoms with Crippen LogP contribution in [0, 0.1) is 5.82 Å². The van der Waals surface area contributed by atoms with Gasteiger partial charge in [-0.25, -0.2) is 4.39 Å². The third kappa shape index (κ3) is 4.08. The Morgan fingerprint density at radius 1 is 1.47 bits per heavy atom. The minimum atomic E-state index is -0.825. The first-order valence-corrected chi connectivity index (χ1v) is 4.80. The molecule has 82 valence electrons. The second-order valence-electron chi connectivity index (χ2n) is 3.37. The summed E-state index contributed by atoms with van der Waals surface area (Å²) >= 11 is 0. The van der Waals surface area contributed by atoms with Gasteiger partial charge in [0.25, 0.3) is 0 Å². The predicted molar refractivity (Wildman–Crippen MR) is 55.1 cm³/mol. The lowest BCUT2D eigenvalue weighted by Crippen LogP contribution is -2.21. The van der Waals surface area contributed by atoms with Gasteiger partial charge in [-0.1, -0.05) is 12.1 Å². The first-order valence-electron chi connectivity index (χ1n) is 4.80. The van der Waals surface area contributed by atoms with Gasteiger partial charge in [0.2, 0.25) is 0 Å². The fourth-order valence-corrected chi connectivity index (χ4v) is 1.26. The van der Waals surface area contributed by atoms with E-state index < -0.39 is 5.97 Å². The van der Waals surface area contributed by atoms with Crippen LogP contribution in [0.4, 0.5) is 4.39 Å². The van der Waals surface area contributed by atoms with E-state index in [9.17, 15) is 9.18 Å². The smallest absolute Gasteiger partial charge is 0.304 e. The minimum absolute atomic E-state index is 0.0324. The minimum Gasteiger partial charge on any atom is -0.481 e. The van der Waals surface area contributed by atoms with Crippen molar-refractivity contribution in [2.75, 3.05) is 6.54 Å². The highest BCUT2D eigenvalue weighted by atomic mass is 19.1. The third-order valence-corrected chi connectivity index (χ3v) is 2.16. The fraction of sp³-hybridized carbons (Fsp3) is 0.364.